The molecule has 1 unspecified atom stereocenters. The van der Waals surface area contributed by atoms with E-state index in [-0.39, 0.29) is 29.3 Å². The lowest BCUT2D eigenvalue weighted by atomic mass is 10.0. The first kappa shape index (κ1) is 28.6. The fourth-order valence-electron chi connectivity index (χ4n) is 5.28. The maximum absolute atomic E-state index is 15.0. The molecule has 1 amide bonds. The number of hydrogen-bond donors (Lipinski definition) is 3. The van der Waals surface area contributed by atoms with Crippen LogP contribution in [0.1, 0.15) is 31.2 Å². The van der Waals surface area contributed by atoms with Gasteiger partial charge < -0.3 is 20.1 Å². The van der Waals surface area contributed by atoms with Crippen molar-refractivity contribution in [1.29, 1.82) is 0 Å². The Hall–Kier alpha value is -4.52. The predicted molar refractivity (Wildman–Crippen MR) is 160 cm³/mol. The molecule has 1 aliphatic heterocycles. The molecular formula is C30H31FN6O5S. The highest BCUT2D eigenvalue weighted by molar-refractivity contribution is 7.92. The summed E-state index contributed by atoms with van der Waals surface area (Å²) in [4.78, 5) is 26.2. The molecule has 224 valence electrons. The largest absolute Gasteiger partial charge is 0.465 e. The van der Waals surface area contributed by atoms with E-state index in [2.05, 4.69) is 25.0 Å². The summed E-state index contributed by atoms with van der Waals surface area (Å²) in [7, 11) is -3.73. The number of carboxylic acid groups (broad SMARTS) is 1. The third kappa shape index (κ3) is 6.46. The minimum absolute atomic E-state index is 0.0380. The van der Waals surface area contributed by atoms with Crippen LogP contribution in [0.25, 0.3) is 22.0 Å². The van der Waals surface area contributed by atoms with Crippen LogP contribution < -0.4 is 14.8 Å². The van der Waals surface area contributed by atoms with Crippen LogP contribution in [0.2, 0.25) is 0 Å². The van der Waals surface area contributed by atoms with Gasteiger partial charge in [0.2, 0.25) is 21.9 Å². The van der Waals surface area contributed by atoms with E-state index in [0.29, 0.717) is 46.8 Å². The van der Waals surface area contributed by atoms with Gasteiger partial charge in [-0.3, -0.25) is 4.72 Å². The summed E-state index contributed by atoms with van der Waals surface area (Å²) >= 11 is 0. The molecule has 0 bridgehead atoms. The van der Waals surface area contributed by atoms with Crippen LogP contribution in [0.15, 0.2) is 54.9 Å². The number of nitrogens with zero attached hydrogens (tertiary/aromatic N) is 4. The summed E-state index contributed by atoms with van der Waals surface area (Å²) < 4.78 is 49.3. The number of carbonyl (C=O) groups is 1. The Labute approximate surface area is 248 Å². The van der Waals surface area contributed by atoms with Crippen LogP contribution in [0.5, 0.6) is 11.6 Å². The van der Waals surface area contributed by atoms with E-state index in [1.54, 1.807) is 48.8 Å². The molecule has 43 heavy (non-hydrogen) atoms. The number of aromatic nitrogens is 3. The lowest BCUT2D eigenvalue weighted by molar-refractivity contribution is 0.132. The van der Waals surface area contributed by atoms with Crippen molar-refractivity contribution in [3.8, 4) is 22.9 Å². The van der Waals surface area contributed by atoms with Gasteiger partial charge in [0.25, 0.3) is 0 Å². The second-order valence-corrected chi connectivity index (χ2v) is 12.8. The van der Waals surface area contributed by atoms with Gasteiger partial charge in [-0.05, 0) is 74.4 Å². The zero-order valence-corrected chi connectivity index (χ0v) is 24.3. The summed E-state index contributed by atoms with van der Waals surface area (Å²) in [6, 6.07) is 11.4. The number of piperidine rings is 1. The summed E-state index contributed by atoms with van der Waals surface area (Å²) in [5.74, 6) is 0.402. The molecule has 3 N–H and O–H groups in total. The minimum atomic E-state index is -3.73. The Bertz CT molecular complexity index is 1800. The summed E-state index contributed by atoms with van der Waals surface area (Å²) in [5.41, 5.74) is 1.74. The van der Waals surface area contributed by atoms with Crippen LogP contribution in [-0.4, -0.2) is 64.4 Å². The number of sulfonamides is 1. The van der Waals surface area contributed by atoms with Crippen LogP contribution >= 0.6 is 0 Å². The lowest BCUT2D eigenvalue weighted by Gasteiger charge is -2.31. The molecule has 2 fully saturated rings. The van der Waals surface area contributed by atoms with Gasteiger partial charge in [0.15, 0.2) is 0 Å². The average molecular weight is 607 g/mol. The number of pyridine rings is 1. The number of nitrogens with one attached hydrogen (secondary N) is 2. The number of likely N-dealkylation sites (tertiary alicyclic amines) is 1. The van der Waals surface area contributed by atoms with E-state index < -0.39 is 21.9 Å². The normalized spacial score (nSPS) is 17.1. The van der Waals surface area contributed by atoms with Gasteiger partial charge in [0.1, 0.15) is 11.6 Å². The smallest absolute Gasteiger partial charge is 0.407 e. The molecule has 4 aromatic rings. The van der Waals surface area contributed by atoms with E-state index in [1.165, 1.54) is 11.0 Å². The molecule has 11 nitrogen and oxygen atoms in total. The van der Waals surface area contributed by atoms with Gasteiger partial charge in [-0.1, -0.05) is 12.1 Å². The summed E-state index contributed by atoms with van der Waals surface area (Å²) in [5, 5.41) is 13.5. The van der Waals surface area contributed by atoms with Crippen molar-refractivity contribution in [2.75, 3.05) is 28.9 Å². The zero-order valence-electron chi connectivity index (χ0n) is 23.5. The summed E-state index contributed by atoms with van der Waals surface area (Å²) in [6.45, 7) is 2.68. The van der Waals surface area contributed by atoms with Gasteiger partial charge >= 0.3 is 6.09 Å². The zero-order chi connectivity index (χ0) is 30.1. The van der Waals surface area contributed by atoms with Gasteiger partial charge in [-0.15, -0.1) is 0 Å². The number of benzene rings is 2. The average Bonchev–Trinajstić information content (AvgIpc) is 3.79. The number of anilines is 2. The molecule has 1 aliphatic carbocycles. The second kappa shape index (κ2) is 11.6. The van der Waals surface area contributed by atoms with Crippen molar-refractivity contribution in [2.45, 2.75) is 38.6 Å². The van der Waals surface area contributed by atoms with Gasteiger partial charge in [-0.25, -0.2) is 32.6 Å². The first-order valence-electron chi connectivity index (χ1n) is 14.1. The standard InChI is InChI=1S/C30H31FN6O5S/c1-18-6-9-21-22(10-11-24(31)26(21)36-43(40,41)17-19-7-8-19)27(18)42-28-23(5-2-13-32-28)25-12-14-33-29(35-25)34-20-4-3-15-37(16-20)30(38)39/h2,5-6,9-14,19-20,36H,3-4,7-8,15-17H2,1H3,(H,38,39)(H,33,34,35). The molecule has 0 spiro atoms. The molecule has 1 saturated heterocycles. The van der Waals surface area contributed by atoms with Gasteiger partial charge in [0.05, 0.1) is 22.7 Å². The molecule has 0 radical (unpaired) electrons. The first-order chi connectivity index (χ1) is 20.7. The van der Waals surface area contributed by atoms with Crippen molar-refractivity contribution in [3.63, 3.8) is 0 Å². The number of amides is 1. The van der Waals surface area contributed by atoms with Crippen molar-refractivity contribution >= 4 is 38.5 Å². The number of ether oxygens (including phenoxy) is 1. The van der Waals surface area contributed by atoms with Crippen molar-refractivity contribution < 1.29 is 27.4 Å². The third-order valence-corrected chi connectivity index (χ3v) is 9.06. The first-order valence-corrected chi connectivity index (χ1v) is 15.7. The number of hydrogen-bond acceptors (Lipinski definition) is 8. The fourth-order valence-corrected chi connectivity index (χ4v) is 6.84. The van der Waals surface area contributed by atoms with Crippen molar-refractivity contribution in [3.05, 3.63) is 66.2 Å². The second-order valence-electron chi connectivity index (χ2n) is 11.0. The van der Waals surface area contributed by atoms with Crippen LogP contribution in [0, 0.1) is 18.7 Å². The van der Waals surface area contributed by atoms with E-state index >= 15 is 0 Å². The Morgan fingerprint density at radius 1 is 1.09 bits per heavy atom. The summed E-state index contributed by atoms with van der Waals surface area (Å²) in [6.07, 6.45) is 5.48. The fraction of sp³-hybridized carbons (Fsp3) is 0.333. The molecule has 2 aromatic carbocycles. The van der Waals surface area contributed by atoms with Gasteiger partial charge in [0, 0.05) is 42.3 Å². The van der Waals surface area contributed by atoms with E-state index in [1.807, 2.05) is 6.92 Å². The Balaban J connectivity index is 1.30. The monoisotopic (exact) mass is 606 g/mol. The van der Waals surface area contributed by atoms with Crippen LogP contribution in [0.4, 0.5) is 20.8 Å². The number of halogens is 1. The quantitative estimate of drug-likeness (QED) is 0.220. The molecule has 2 aromatic heterocycles. The SMILES string of the molecule is Cc1ccc2c(NS(=O)(=O)CC3CC3)c(F)ccc2c1Oc1ncccc1-c1ccnc(NC2CCCN(C(=O)O)C2)n1. The highest BCUT2D eigenvalue weighted by Crippen LogP contribution is 2.40. The molecule has 3 heterocycles. The molecule has 1 saturated carbocycles. The van der Waals surface area contributed by atoms with Gasteiger partial charge in [-0.2, -0.15) is 0 Å². The number of rotatable bonds is 9. The highest BCUT2D eigenvalue weighted by Gasteiger charge is 2.29. The molecule has 13 heteroatoms. The minimum Gasteiger partial charge on any atom is -0.465 e. The van der Waals surface area contributed by atoms with E-state index in [4.69, 9.17) is 4.74 Å². The van der Waals surface area contributed by atoms with E-state index in [9.17, 15) is 22.7 Å². The van der Waals surface area contributed by atoms with Crippen molar-refractivity contribution in [2.24, 2.45) is 5.92 Å². The number of aryl methyl sites for hydroxylation is 1. The van der Waals surface area contributed by atoms with Crippen molar-refractivity contribution in [1.82, 2.24) is 19.9 Å². The van der Waals surface area contributed by atoms with Crippen LogP contribution in [0.3, 0.4) is 0 Å². The Morgan fingerprint density at radius 2 is 1.91 bits per heavy atom. The topological polar surface area (TPSA) is 147 Å². The molecule has 1 atom stereocenters. The van der Waals surface area contributed by atoms with E-state index in [0.717, 1.165) is 31.2 Å². The molecule has 6 rings (SSSR count). The third-order valence-electron chi connectivity index (χ3n) is 7.63. The predicted octanol–water partition coefficient (Wildman–Crippen LogP) is 5.64. The highest BCUT2D eigenvalue weighted by atomic mass is 32.2. The maximum Gasteiger partial charge on any atom is 0.407 e. The Kier molecular flexibility index (Phi) is 7.74. The Morgan fingerprint density at radius 3 is 2.70 bits per heavy atom. The molecule has 2 aliphatic rings. The molecular weight excluding hydrogens is 575 g/mol. The number of fused-ring (bicyclic) bond motifs is 1. The lowest BCUT2D eigenvalue weighted by Crippen LogP contribution is -2.44. The maximum atomic E-state index is 15.0. The van der Waals surface area contributed by atoms with Crippen LogP contribution in [-0.2, 0) is 10.0 Å².